The summed E-state index contributed by atoms with van der Waals surface area (Å²) in [4.78, 5) is 11.0. The van der Waals surface area contributed by atoms with Crippen LogP contribution in [0.2, 0.25) is 0 Å². The van der Waals surface area contributed by atoms with Crippen LogP contribution in [0.5, 0.6) is 0 Å². The molecule has 1 aromatic heterocycles. The number of rotatable bonds is 1. The van der Waals surface area contributed by atoms with Gasteiger partial charge in [0.15, 0.2) is 0 Å². The smallest absolute Gasteiger partial charge is 0.354 e. The lowest BCUT2D eigenvalue weighted by Crippen LogP contribution is -2.07. The number of carbonyl (C=O) groups is 1. The zero-order valence-electron chi connectivity index (χ0n) is 9.45. The van der Waals surface area contributed by atoms with Crippen LogP contribution < -0.4 is 0 Å². The Labute approximate surface area is 98.3 Å². The summed E-state index contributed by atoms with van der Waals surface area (Å²) >= 11 is 0. The van der Waals surface area contributed by atoms with Crippen molar-refractivity contribution in [2.45, 2.75) is 19.8 Å². The molecule has 4 nitrogen and oxygen atoms in total. The van der Waals surface area contributed by atoms with Crippen molar-refractivity contribution in [2.24, 2.45) is 0 Å². The first-order chi connectivity index (χ1) is 8.16. The molecule has 0 fully saturated rings. The third-order valence-corrected chi connectivity index (χ3v) is 3.24. The van der Waals surface area contributed by atoms with E-state index in [0.717, 1.165) is 29.7 Å². The minimum atomic E-state index is -0.936. The summed E-state index contributed by atoms with van der Waals surface area (Å²) in [6, 6.07) is 6.20. The number of aromatic amines is 1. The number of fused-ring (bicyclic) bond motifs is 3. The van der Waals surface area contributed by atoms with Crippen LogP contribution in [0.3, 0.4) is 0 Å². The van der Waals surface area contributed by atoms with Crippen molar-refractivity contribution in [1.29, 1.82) is 0 Å². The molecule has 3 rings (SSSR count). The fourth-order valence-corrected chi connectivity index (χ4v) is 2.43. The van der Waals surface area contributed by atoms with E-state index in [0.29, 0.717) is 0 Å². The van der Waals surface area contributed by atoms with Gasteiger partial charge < -0.3 is 5.11 Å². The van der Waals surface area contributed by atoms with Crippen molar-refractivity contribution < 1.29 is 9.90 Å². The number of hydrogen-bond acceptors (Lipinski definition) is 2. The molecule has 1 aromatic carbocycles. The molecule has 0 saturated carbocycles. The largest absolute Gasteiger partial charge is 0.477 e. The molecule has 0 aliphatic heterocycles. The Morgan fingerprint density at radius 2 is 2.24 bits per heavy atom. The molecule has 2 N–H and O–H groups in total. The van der Waals surface area contributed by atoms with Crippen molar-refractivity contribution in [3.63, 3.8) is 0 Å². The summed E-state index contributed by atoms with van der Waals surface area (Å²) in [6.45, 7) is 2.06. The fraction of sp³-hybridized carbons (Fsp3) is 0.231. The van der Waals surface area contributed by atoms with Gasteiger partial charge in [-0.2, -0.15) is 5.10 Å². The molecule has 2 aromatic rings. The summed E-state index contributed by atoms with van der Waals surface area (Å²) < 4.78 is 0. The molecular formula is C13H12N2O2. The van der Waals surface area contributed by atoms with Crippen LogP contribution >= 0.6 is 0 Å². The van der Waals surface area contributed by atoms with Crippen molar-refractivity contribution in [2.75, 3.05) is 0 Å². The Kier molecular flexibility index (Phi) is 2.04. The lowest BCUT2D eigenvalue weighted by atomic mass is 9.88. The monoisotopic (exact) mass is 228 g/mol. The first kappa shape index (κ1) is 10.1. The standard InChI is InChI=1S/C13H12N2O2/c1-7-2-4-9-8(6-7)3-5-10-11(9)14-15-12(10)13(16)17/h2,4,6H,3,5H2,1H3,(H,14,15)(H,16,17). The molecule has 0 unspecified atom stereocenters. The summed E-state index contributed by atoms with van der Waals surface area (Å²) in [5.74, 6) is -0.936. The quantitative estimate of drug-likeness (QED) is 0.786. The van der Waals surface area contributed by atoms with Crippen LogP contribution in [0.15, 0.2) is 18.2 Å². The Balaban J connectivity index is 2.21. The van der Waals surface area contributed by atoms with Gasteiger partial charge in [0.2, 0.25) is 0 Å². The number of nitrogens with one attached hydrogen (secondary N) is 1. The van der Waals surface area contributed by atoms with Crippen LogP contribution in [0.1, 0.15) is 27.2 Å². The van der Waals surface area contributed by atoms with Crippen molar-refractivity contribution in [1.82, 2.24) is 10.2 Å². The van der Waals surface area contributed by atoms with Crippen molar-refractivity contribution >= 4 is 5.97 Å². The molecule has 1 aliphatic carbocycles. The maximum Gasteiger partial charge on any atom is 0.354 e. The highest BCUT2D eigenvalue weighted by atomic mass is 16.4. The highest BCUT2D eigenvalue weighted by Crippen LogP contribution is 2.33. The lowest BCUT2D eigenvalue weighted by Gasteiger charge is -2.15. The van der Waals surface area contributed by atoms with E-state index >= 15 is 0 Å². The average Bonchev–Trinajstić information content (AvgIpc) is 2.72. The van der Waals surface area contributed by atoms with Gasteiger partial charge in [-0.1, -0.05) is 23.8 Å². The second-order valence-electron chi connectivity index (χ2n) is 4.39. The number of aromatic carboxylic acids is 1. The molecule has 0 amide bonds. The zero-order chi connectivity index (χ0) is 12.0. The maximum absolute atomic E-state index is 11.0. The molecule has 0 radical (unpaired) electrons. The molecular weight excluding hydrogens is 216 g/mol. The van der Waals surface area contributed by atoms with E-state index in [-0.39, 0.29) is 5.69 Å². The first-order valence-electron chi connectivity index (χ1n) is 5.57. The second kappa shape index (κ2) is 3.45. The first-order valence-corrected chi connectivity index (χ1v) is 5.57. The van der Waals surface area contributed by atoms with Gasteiger partial charge in [0.05, 0.1) is 5.69 Å². The van der Waals surface area contributed by atoms with Gasteiger partial charge in [-0.25, -0.2) is 4.79 Å². The predicted octanol–water partition coefficient (Wildman–Crippen LogP) is 2.18. The van der Waals surface area contributed by atoms with Gasteiger partial charge in [-0.05, 0) is 25.3 Å². The van der Waals surface area contributed by atoms with E-state index in [1.807, 2.05) is 12.1 Å². The second-order valence-corrected chi connectivity index (χ2v) is 4.39. The van der Waals surface area contributed by atoms with Crippen molar-refractivity contribution in [3.8, 4) is 11.3 Å². The topological polar surface area (TPSA) is 66.0 Å². The van der Waals surface area contributed by atoms with E-state index in [4.69, 9.17) is 5.11 Å². The Morgan fingerprint density at radius 3 is 3.00 bits per heavy atom. The van der Waals surface area contributed by atoms with Gasteiger partial charge in [-0.15, -0.1) is 0 Å². The number of nitrogens with zero attached hydrogens (tertiary/aromatic N) is 1. The molecule has 0 saturated heterocycles. The highest BCUT2D eigenvalue weighted by molar-refractivity contribution is 5.90. The molecule has 1 aliphatic rings. The molecule has 0 spiro atoms. The molecule has 1 heterocycles. The van der Waals surface area contributed by atoms with E-state index in [2.05, 4.69) is 23.2 Å². The van der Waals surface area contributed by atoms with Gasteiger partial charge >= 0.3 is 5.97 Å². The number of benzene rings is 1. The Bertz CT molecular complexity index is 614. The number of H-pyrrole nitrogens is 1. The van der Waals surface area contributed by atoms with Crippen LogP contribution in [-0.4, -0.2) is 21.3 Å². The van der Waals surface area contributed by atoms with Gasteiger partial charge in [0.25, 0.3) is 0 Å². The zero-order valence-corrected chi connectivity index (χ0v) is 9.45. The van der Waals surface area contributed by atoms with Crippen molar-refractivity contribution in [3.05, 3.63) is 40.6 Å². The van der Waals surface area contributed by atoms with Crippen LogP contribution in [-0.2, 0) is 12.8 Å². The predicted molar refractivity (Wildman–Crippen MR) is 63.1 cm³/mol. The molecule has 4 heteroatoms. The highest BCUT2D eigenvalue weighted by Gasteiger charge is 2.24. The van der Waals surface area contributed by atoms with E-state index in [9.17, 15) is 4.79 Å². The average molecular weight is 228 g/mol. The lowest BCUT2D eigenvalue weighted by molar-refractivity contribution is 0.0689. The fourth-order valence-electron chi connectivity index (χ4n) is 2.43. The molecule has 86 valence electrons. The Morgan fingerprint density at radius 1 is 1.41 bits per heavy atom. The minimum Gasteiger partial charge on any atom is -0.477 e. The molecule has 0 bridgehead atoms. The third kappa shape index (κ3) is 1.45. The van der Waals surface area contributed by atoms with Gasteiger partial charge in [0, 0.05) is 11.1 Å². The van der Waals surface area contributed by atoms with Crippen LogP contribution in [0.4, 0.5) is 0 Å². The van der Waals surface area contributed by atoms with E-state index < -0.39 is 5.97 Å². The van der Waals surface area contributed by atoms with Crippen LogP contribution in [0, 0.1) is 6.92 Å². The molecule has 17 heavy (non-hydrogen) atoms. The summed E-state index contributed by atoms with van der Waals surface area (Å²) in [5.41, 5.74) is 5.38. The summed E-state index contributed by atoms with van der Waals surface area (Å²) in [6.07, 6.45) is 1.62. The summed E-state index contributed by atoms with van der Waals surface area (Å²) in [5, 5.41) is 15.8. The molecule has 0 atom stereocenters. The van der Waals surface area contributed by atoms with Crippen LogP contribution in [0.25, 0.3) is 11.3 Å². The van der Waals surface area contributed by atoms with Gasteiger partial charge in [0.1, 0.15) is 5.69 Å². The number of aryl methyl sites for hydroxylation is 2. The number of carboxylic acids is 1. The Hall–Kier alpha value is -2.10. The number of carboxylic acid groups (broad SMARTS) is 1. The maximum atomic E-state index is 11.0. The minimum absolute atomic E-state index is 0.228. The van der Waals surface area contributed by atoms with E-state index in [1.165, 1.54) is 11.1 Å². The van der Waals surface area contributed by atoms with E-state index in [1.54, 1.807) is 0 Å². The summed E-state index contributed by atoms with van der Waals surface area (Å²) in [7, 11) is 0. The SMILES string of the molecule is Cc1ccc2c(c1)CCc1c-2n[nH]c1C(=O)O. The normalized spacial score (nSPS) is 13.0. The number of hydrogen-bond donors (Lipinski definition) is 2. The number of aromatic nitrogens is 2. The third-order valence-electron chi connectivity index (χ3n) is 3.24. The van der Waals surface area contributed by atoms with Gasteiger partial charge in [-0.3, -0.25) is 5.10 Å².